The fourth-order valence-corrected chi connectivity index (χ4v) is 3.48. The molecule has 26 heavy (non-hydrogen) atoms. The second-order valence-corrected chi connectivity index (χ2v) is 7.06. The summed E-state index contributed by atoms with van der Waals surface area (Å²) in [4.78, 5) is 15.1. The molecule has 0 N–H and O–H groups in total. The van der Waals surface area contributed by atoms with Crippen LogP contribution in [0.1, 0.15) is 18.9 Å². The zero-order valence-electron chi connectivity index (χ0n) is 14.3. The average molecular weight is 416 g/mol. The lowest BCUT2D eigenvalue weighted by Crippen LogP contribution is -2.32. The third kappa shape index (κ3) is 3.10. The van der Waals surface area contributed by atoms with Crippen molar-refractivity contribution in [2.75, 3.05) is 13.3 Å². The molecule has 0 spiro atoms. The normalized spacial score (nSPS) is 14.1. The molecule has 0 aliphatic carbocycles. The standard InChI is InChI=1S/C20H18BrNO4/c1-2-9-22-10-14-16(25-12-22)8-7-13-19(23)18(11-24-20(13)14)26-17-6-4-3-5-15(17)21/h3-8,11H,2,9-10,12H2,1H3. The van der Waals surface area contributed by atoms with E-state index in [9.17, 15) is 4.79 Å². The summed E-state index contributed by atoms with van der Waals surface area (Å²) in [5.41, 5.74) is 1.27. The molecule has 0 radical (unpaired) electrons. The summed E-state index contributed by atoms with van der Waals surface area (Å²) in [6, 6.07) is 10.9. The third-order valence-electron chi connectivity index (χ3n) is 4.35. The lowest BCUT2D eigenvalue weighted by molar-refractivity contribution is 0.0958. The van der Waals surface area contributed by atoms with E-state index in [1.54, 1.807) is 12.1 Å². The molecule has 5 nitrogen and oxygen atoms in total. The van der Waals surface area contributed by atoms with Gasteiger partial charge in [-0.15, -0.1) is 0 Å². The van der Waals surface area contributed by atoms with Crippen LogP contribution in [-0.2, 0) is 6.54 Å². The molecule has 4 rings (SSSR count). The van der Waals surface area contributed by atoms with E-state index in [-0.39, 0.29) is 11.2 Å². The highest BCUT2D eigenvalue weighted by atomic mass is 79.9. The van der Waals surface area contributed by atoms with Gasteiger partial charge in [-0.2, -0.15) is 0 Å². The van der Waals surface area contributed by atoms with Gasteiger partial charge in [-0.3, -0.25) is 9.69 Å². The molecule has 6 heteroatoms. The first kappa shape index (κ1) is 17.1. The van der Waals surface area contributed by atoms with E-state index >= 15 is 0 Å². The van der Waals surface area contributed by atoms with Crippen LogP contribution in [0.15, 0.2) is 56.3 Å². The van der Waals surface area contributed by atoms with Gasteiger partial charge in [0.25, 0.3) is 0 Å². The molecule has 0 saturated carbocycles. The van der Waals surface area contributed by atoms with Crippen molar-refractivity contribution in [1.82, 2.24) is 4.90 Å². The number of benzene rings is 2. The average Bonchev–Trinajstić information content (AvgIpc) is 2.65. The van der Waals surface area contributed by atoms with Crippen LogP contribution in [0.2, 0.25) is 0 Å². The van der Waals surface area contributed by atoms with Gasteiger partial charge in [0.05, 0.1) is 15.4 Å². The zero-order valence-corrected chi connectivity index (χ0v) is 15.9. The van der Waals surface area contributed by atoms with E-state index in [0.717, 1.165) is 28.8 Å². The number of fused-ring (bicyclic) bond motifs is 3. The SMILES string of the molecule is CCCN1COc2ccc3c(=O)c(Oc4ccccc4Br)coc3c2C1. The molecular formula is C20H18BrNO4. The minimum absolute atomic E-state index is 0.159. The Balaban J connectivity index is 1.75. The Labute approximate surface area is 159 Å². The van der Waals surface area contributed by atoms with E-state index in [1.807, 2.05) is 24.3 Å². The summed E-state index contributed by atoms with van der Waals surface area (Å²) in [5, 5.41) is 0.496. The van der Waals surface area contributed by atoms with Gasteiger partial charge in [-0.1, -0.05) is 19.1 Å². The van der Waals surface area contributed by atoms with Gasteiger partial charge in [-0.05, 0) is 46.6 Å². The van der Waals surface area contributed by atoms with Crippen LogP contribution in [0.4, 0.5) is 0 Å². The van der Waals surface area contributed by atoms with Crippen molar-refractivity contribution >= 4 is 26.9 Å². The predicted octanol–water partition coefficient (Wildman–Crippen LogP) is 4.91. The van der Waals surface area contributed by atoms with Crippen molar-refractivity contribution in [3.05, 3.63) is 62.9 Å². The Hall–Kier alpha value is -2.31. The Morgan fingerprint density at radius 3 is 2.85 bits per heavy atom. The summed E-state index contributed by atoms with van der Waals surface area (Å²) in [5.74, 6) is 1.49. The van der Waals surface area contributed by atoms with E-state index in [0.29, 0.717) is 30.0 Å². The molecule has 1 aliphatic heterocycles. The van der Waals surface area contributed by atoms with E-state index < -0.39 is 0 Å². The fourth-order valence-electron chi connectivity index (χ4n) is 3.11. The van der Waals surface area contributed by atoms with Crippen LogP contribution >= 0.6 is 15.9 Å². The van der Waals surface area contributed by atoms with Crippen molar-refractivity contribution in [2.24, 2.45) is 0 Å². The van der Waals surface area contributed by atoms with Crippen LogP contribution in [0.3, 0.4) is 0 Å². The van der Waals surface area contributed by atoms with Crippen molar-refractivity contribution in [3.63, 3.8) is 0 Å². The van der Waals surface area contributed by atoms with Crippen LogP contribution in [0.5, 0.6) is 17.2 Å². The van der Waals surface area contributed by atoms with Crippen molar-refractivity contribution < 1.29 is 13.9 Å². The lowest BCUT2D eigenvalue weighted by atomic mass is 10.1. The molecule has 0 atom stereocenters. The maximum absolute atomic E-state index is 12.9. The van der Waals surface area contributed by atoms with Crippen molar-refractivity contribution in [2.45, 2.75) is 19.9 Å². The second-order valence-electron chi connectivity index (χ2n) is 6.21. The molecule has 134 valence electrons. The molecule has 0 fully saturated rings. The molecule has 1 aromatic heterocycles. The smallest absolute Gasteiger partial charge is 0.235 e. The van der Waals surface area contributed by atoms with Gasteiger partial charge in [0.15, 0.2) is 0 Å². The lowest BCUT2D eigenvalue weighted by Gasteiger charge is -2.28. The Morgan fingerprint density at radius 2 is 2.04 bits per heavy atom. The molecule has 0 unspecified atom stereocenters. The first-order valence-electron chi connectivity index (χ1n) is 8.52. The molecule has 0 saturated heterocycles. The first-order chi connectivity index (χ1) is 12.7. The van der Waals surface area contributed by atoms with Gasteiger partial charge in [-0.25, -0.2) is 0 Å². The topological polar surface area (TPSA) is 51.9 Å². The maximum atomic E-state index is 12.9. The Morgan fingerprint density at radius 1 is 1.19 bits per heavy atom. The quantitative estimate of drug-likeness (QED) is 0.605. The minimum atomic E-state index is -0.197. The number of hydrogen-bond acceptors (Lipinski definition) is 5. The van der Waals surface area contributed by atoms with E-state index in [4.69, 9.17) is 13.9 Å². The van der Waals surface area contributed by atoms with Gasteiger partial charge >= 0.3 is 0 Å². The van der Waals surface area contributed by atoms with E-state index in [1.165, 1.54) is 6.26 Å². The minimum Gasteiger partial charge on any atom is -0.478 e. The first-order valence-corrected chi connectivity index (χ1v) is 9.31. The van der Waals surface area contributed by atoms with Gasteiger partial charge < -0.3 is 13.9 Å². The summed E-state index contributed by atoms with van der Waals surface area (Å²) in [6.45, 7) is 4.32. The maximum Gasteiger partial charge on any atom is 0.235 e. The van der Waals surface area contributed by atoms with E-state index in [2.05, 4.69) is 27.8 Å². The van der Waals surface area contributed by atoms with Crippen LogP contribution in [-0.4, -0.2) is 18.2 Å². The second kappa shape index (κ2) is 7.13. The van der Waals surface area contributed by atoms with Gasteiger partial charge in [0, 0.05) is 13.1 Å². The van der Waals surface area contributed by atoms with Crippen molar-refractivity contribution in [3.8, 4) is 17.2 Å². The van der Waals surface area contributed by atoms with Gasteiger partial charge in [0.1, 0.15) is 30.1 Å². The fraction of sp³-hybridized carbons (Fsp3) is 0.250. The number of ether oxygens (including phenoxy) is 2. The molecule has 3 aromatic rings. The predicted molar refractivity (Wildman–Crippen MR) is 103 cm³/mol. The van der Waals surface area contributed by atoms with Crippen molar-refractivity contribution in [1.29, 1.82) is 0 Å². The largest absolute Gasteiger partial charge is 0.478 e. The number of hydrogen-bond donors (Lipinski definition) is 0. The molecule has 0 amide bonds. The summed E-state index contributed by atoms with van der Waals surface area (Å²) in [7, 11) is 0. The van der Waals surface area contributed by atoms with Crippen LogP contribution < -0.4 is 14.9 Å². The number of nitrogens with zero attached hydrogens (tertiary/aromatic N) is 1. The molecular weight excluding hydrogens is 398 g/mol. The Kier molecular flexibility index (Phi) is 4.70. The number of rotatable bonds is 4. The summed E-state index contributed by atoms with van der Waals surface area (Å²) < 4.78 is 18.1. The van der Waals surface area contributed by atoms with Crippen LogP contribution in [0.25, 0.3) is 11.0 Å². The summed E-state index contributed by atoms with van der Waals surface area (Å²) in [6.07, 6.45) is 2.42. The molecule has 2 aromatic carbocycles. The molecule has 2 heterocycles. The monoisotopic (exact) mass is 415 g/mol. The Bertz CT molecular complexity index is 1010. The highest BCUT2D eigenvalue weighted by Crippen LogP contribution is 2.33. The third-order valence-corrected chi connectivity index (χ3v) is 5.01. The van der Waals surface area contributed by atoms with Gasteiger partial charge in [0.2, 0.25) is 11.2 Å². The summed E-state index contributed by atoms with van der Waals surface area (Å²) >= 11 is 3.42. The van der Waals surface area contributed by atoms with Crippen LogP contribution in [0, 0.1) is 0 Å². The number of halogens is 1. The highest BCUT2D eigenvalue weighted by Gasteiger charge is 2.22. The number of para-hydroxylation sites is 1. The highest BCUT2D eigenvalue weighted by molar-refractivity contribution is 9.10. The zero-order chi connectivity index (χ0) is 18.1. The molecule has 0 bridgehead atoms. The molecule has 1 aliphatic rings.